The van der Waals surface area contributed by atoms with Crippen molar-refractivity contribution >= 4 is 17.7 Å². The molecule has 0 radical (unpaired) electrons. The van der Waals surface area contributed by atoms with E-state index in [0.29, 0.717) is 16.8 Å². The predicted molar refractivity (Wildman–Crippen MR) is 57.4 cm³/mol. The number of aromatic nitrogens is 3. The third-order valence-corrected chi connectivity index (χ3v) is 2.47. The lowest BCUT2D eigenvalue weighted by Crippen LogP contribution is -2.12. The molecule has 1 amide bonds. The van der Waals surface area contributed by atoms with Gasteiger partial charge < -0.3 is 10.2 Å². The molecule has 0 aliphatic heterocycles. The molecule has 82 valence electrons. The molecule has 0 unspecified atom stereocenters. The van der Waals surface area contributed by atoms with Crippen LogP contribution in [-0.2, 0) is 4.79 Å². The number of primary amides is 1. The van der Waals surface area contributed by atoms with Crippen molar-refractivity contribution < 1.29 is 9.21 Å². The second-order valence-electron chi connectivity index (χ2n) is 2.84. The number of carbonyl (C=O) groups excluding carboxylic acids is 1. The van der Waals surface area contributed by atoms with E-state index in [2.05, 4.69) is 15.2 Å². The van der Waals surface area contributed by atoms with Crippen molar-refractivity contribution in [2.75, 3.05) is 5.75 Å². The number of hydrogen-bond acceptors (Lipinski definition) is 6. The maximum absolute atomic E-state index is 10.5. The molecule has 0 saturated heterocycles. The number of rotatable bonds is 4. The topological polar surface area (TPSA) is 94.9 Å². The van der Waals surface area contributed by atoms with Gasteiger partial charge in [0.2, 0.25) is 5.91 Å². The fourth-order valence-corrected chi connectivity index (χ4v) is 1.50. The van der Waals surface area contributed by atoms with Crippen molar-refractivity contribution in [1.29, 1.82) is 0 Å². The Kier molecular flexibility index (Phi) is 3.16. The monoisotopic (exact) mass is 236 g/mol. The number of pyridine rings is 1. The molecule has 0 aliphatic carbocycles. The molecule has 0 fully saturated rings. The third kappa shape index (κ3) is 2.57. The molecule has 2 heterocycles. The third-order valence-electron chi connectivity index (χ3n) is 1.63. The van der Waals surface area contributed by atoms with Crippen LogP contribution in [0.15, 0.2) is 34.0 Å². The van der Waals surface area contributed by atoms with Gasteiger partial charge in [0.15, 0.2) is 0 Å². The molecule has 0 saturated carbocycles. The first-order chi connectivity index (χ1) is 7.75. The zero-order chi connectivity index (χ0) is 11.4. The average Bonchev–Trinajstić information content (AvgIpc) is 2.76. The fraction of sp³-hybridized carbons (Fsp3) is 0.111. The van der Waals surface area contributed by atoms with Crippen molar-refractivity contribution in [1.82, 2.24) is 15.2 Å². The Bertz CT molecular complexity index is 485. The molecule has 7 heteroatoms. The summed E-state index contributed by atoms with van der Waals surface area (Å²) in [6.07, 6.45) is 1.63. The minimum absolute atomic E-state index is 0.115. The Hall–Kier alpha value is -1.89. The van der Waals surface area contributed by atoms with Gasteiger partial charge in [0.05, 0.1) is 5.75 Å². The van der Waals surface area contributed by atoms with E-state index < -0.39 is 5.91 Å². The van der Waals surface area contributed by atoms with E-state index in [9.17, 15) is 4.79 Å². The van der Waals surface area contributed by atoms with E-state index in [4.69, 9.17) is 10.2 Å². The Labute approximate surface area is 95.3 Å². The van der Waals surface area contributed by atoms with E-state index in [-0.39, 0.29) is 5.75 Å². The molecule has 0 bridgehead atoms. The van der Waals surface area contributed by atoms with E-state index in [0.717, 1.165) is 11.8 Å². The molecule has 2 rings (SSSR count). The summed E-state index contributed by atoms with van der Waals surface area (Å²) in [5, 5.41) is 7.88. The molecule has 6 nitrogen and oxygen atoms in total. The smallest absolute Gasteiger partial charge is 0.277 e. The highest BCUT2D eigenvalue weighted by Crippen LogP contribution is 2.20. The van der Waals surface area contributed by atoms with Gasteiger partial charge >= 0.3 is 0 Å². The summed E-state index contributed by atoms with van der Waals surface area (Å²) in [4.78, 5) is 14.6. The summed E-state index contributed by atoms with van der Waals surface area (Å²) in [7, 11) is 0. The van der Waals surface area contributed by atoms with Gasteiger partial charge in [-0.15, -0.1) is 10.2 Å². The van der Waals surface area contributed by atoms with Gasteiger partial charge in [-0.3, -0.25) is 9.78 Å². The van der Waals surface area contributed by atoms with E-state index in [1.807, 2.05) is 6.07 Å². The molecule has 0 aromatic carbocycles. The molecule has 2 aromatic heterocycles. The summed E-state index contributed by atoms with van der Waals surface area (Å²) in [5.41, 5.74) is 5.59. The lowest BCUT2D eigenvalue weighted by Gasteiger charge is -1.91. The van der Waals surface area contributed by atoms with Crippen LogP contribution in [0.5, 0.6) is 0 Å². The Morgan fingerprint density at radius 3 is 3.00 bits per heavy atom. The van der Waals surface area contributed by atoms with Gasteiger partial charge in [0.25, 0.3) is 11.1 Å². The first-order valence-electron chi connectivity index (χ1n) is 4.42. The van der Waals surface area contributed by atoms with Crippen molar-refractivity contribution in [3.63, 3.8) is 0 Å². The highest BCUT2D eigenvalue weighted by Gasteiger charge is 2.10. The van der Waals surface area contributed by atoms with E-state index >= 15 is 0 Å². The summed E-state index contributed by atoms with van der Waals surface area (Å²) < 4.78 is 5.29. The quantitative estimate of drug-likeness (QED) is 0.785. The normalized spacial score (nSPS) is 10.2. The van der Waals surface area contributed by atoms with Crippen LogP contribution in [0.3, 0.4) is 0 Å². The maximum atomic E-state index is 10.5. The second-order valence-corrected chi connectivity index (χ2v) is 3.77. The molecular formula is C9H8N4O2S. The van der Waals surface area contributed by atoms with Gasteiger partial charge in [0, 0.05) is 6.20 Å². The summed E-state index contributed by atoms with van der Waals surface area (Å²) in [6, 6.07) is 5.38. The number of thioether (sulfide) groups is 1. The standard InChI is InChI=1S/C9H8N4O2S/c10-7(14)5-16-9-13-12-8(15-9)6-3-1-2-4-11-6/h1-4H,5H2,(H2,10,14). The van der Waals surface area contributed by atoms with Crippen molar-refractivity contribution in [3.8, 4) is 11.6 Å². The molecule has 0 spiro atoms. The number of carbonyl (C=O) groups is 1. The van der Waals surface area contributed by atoms with Gasteiger partial charge in [-0.05, 0) is 12.1 Å². The zero-order valence-electron chi connectivity index (χ0n) is 8.16. The van der Waals surface area contributed by atoms with Crippen LogP contribution >= 0.6 is 11.8 Å². The van der Waals surface area contributed by atoms with Gasteiger partial charge in [0.1, 0.15) is 5.69 Å². The second kappa shape index (κ2) is 4.75. The highest BCUT2D eigenvalue weighted by molar-refractivity contribution is 7.99. The van der Waals surface area contributed by atoms with Crippen LogP contribution in [0, 0.1) is 0 Å². The van der Waals surface area contributed by atoms with E-state index in [1.165, 1.54) is 0 Å². The molecule has 2 aromatic rings. The average molecular weight is 236 g/mol. The first-order valence-corrected chi connectivity index (χ1v) is 5.40. The van der Waals surface area contributed by atoms with Gasteiger partial charge in [-0.25, -0.2) is 0 Å². The van der Waals surface area contributed by atoms with Crippen LogP contribution < -0.4 is 5.73 Å². The Morgan fingerprint density at radius 2 is 2.31 bits per heavy atom. The minimum Gasteiger partial charge on any atom is -0.410 e. The van der Waals surface area contributed by atoms with E-state index in [1.54, 1.807) is 18.3 Å². The minimum atomic E-state index is -0.428. The van der Waals surface area contributed by atoms with Gasteiger partial charge in [-0.1, -0.05) is 17.8 Å². The number of nitrogens with two attached hydrogens (primary N) is 1. The number of hydrogen-bond donors (Lipinski definition) is 1. The number of nitrogens with zero attached hydrogens (tertiary/aromatic N) is 3. The Morgan fingerprint density at radius 1 is 1.44 bits per heavy atom. The number of amides is 1. The van der Waals surface area contributed by atoms with Crippen LogP contribution in [0.1, 0.15) is 0 Å². The summed E-state index contributed by atoms with van der Waals surface area (Å²) in [6.45, 7) is 0. The lowest BCUT2D eigenvalue weighted by molar-refractivity contribution is -0.115. The largest absolute Gasteiger partial charge is 0.410 e. The first kappa shape index (κ1) is 10.6. The van der Waals surface area contributed by atoms with Gasteiger partial charge in [-0.2, -0.15) is 0 Å². The van der Waals surface area contributed by atoms with Crippen LogP contribution in [0.2, 0.25) is 0 Å². The molecule has 16 heavy (non-hydrogen) atoms. The molecule has 0 atom stereocenters. The highest BCUT2D eigenvalue weighted by atomic mass is 32.2. The molecule has 2 N–H and O–H groups in total. The van der Waals surface area contributed by atoms with Crippen LogP contribution in [-0.4, -0.2) is 26.8 Å². The van der Waals surface area contributed by atoms with Crippen LogP contribution in [0.25, 0.3) is 11.6 Å². The van der Waals surface area contributed by atoms with Crippen molar-refractivity contribution in [2.24, 2.45) is 5.73 Å². The van der Waals surface area contributed by atoms with Crippen LogP contribution in [0.4, 0.5) is 0 Å². The predicted octanol–water partition coefficient (Wildman–Crippen LogP) is 0.709. The Balaban J connectivity index is 2.11. The molecule has 0 aliphatic rings. The SMILES string of the molecule is NC(=O)CSc1nnc(-c2ccccn2)o1. The lowest BCUT2D eigenvalue weighted by atomic mass is 10.3. The van der Waals surface area contributed by atoms with Crippen molar-refractivity contribution in [2.45, 2.75) is 5.22 Å². The summed E-state index contributed by atoms with van der Waals surface area (Å²) in [5.74, 6) is 0.0132. The fourth-order valence-electron chi connectivity index (χ4n) is 0.994. The zero-order valence-corrected chi connectivity index (χ0v) is 8.98. The van der Waals surface area contributed by atoms with Crippen molar-refractivity contribution in [3.05, 3.63) is 24.4 Å². The maximum Gasteiger partial charge on any atom is 0.277 e. The summed E-state index contributed by atoms with van der Waals surface area (Å²) >= 11 is 1.10. The molecular weight excluding hydrogens is 228 g/mol.